The molecule has 3 rings (SSSR count). The molecule has 0 saturated carbocycles. The molecule has 1 aromatic carbocycles. The molecule has 0 atom stereocenters. The van der Waals surface area contributed by atoms with Gasteiger partial charge in [0.1, 0.15) is 6.61 Å². The number of nitrogens with zero attached hydrogens (tertiary/aromatic N) is 4. The summed E-state index contributed by atoms with van der Waals surface area (Å²) in [5, 5.41) is 0. The number of carbonyl (C=O) groups is 1. The molecule has 168 valence electrons. The van der Waals surface area contributed by atoms with Gasteiger partial charge in [-0.15, -0.1) is 0 Å². The van der Waals surface area contributed by atoms with E-state index in [-0.39, 0.29) is 43.7 Å². The number of rotatable bonds is 7. The van der Waals surface area contributed by atoms with Crippen molar-refractivity contribution in [2.24, 2.45) is 7.05 Å². The summed E-state index contributed by atoms with van der Waals surface area (Å²) in [4.78, 5) is 31.8. The Labute approximate surface area is 181 Å². The SMILES string of the molecule is CCOC(=O)c1nc(N2CCN(S(C)(=O)=O)CC2)n(C)c(=O)c1OCc1ccccc1. The highest BCUT2D eigenvalue weighted by Gasteiger charge is 2.29. The van der Waals surface area contributed by atoms with Crippen molar-refractivity contribution in [2.45, 2.75) is 13.5 Å². The lowest BCUT2D eigenvalue weighted by Crippen LogP contribution is -2.50. The maximum Gasteiger partial charge on any atom is 0.361 e. The first kappa shape index (κ1) is 22.8. The smallest absolute Gasteiger partial charge is 0.361 e. The van der Waals surface area contributed by atoms with Crippen LogP contribution in [0.5, 0.6) is 5.75 Å². The zero-order valence-corrected chi connectivity index (χ0v) is 18.6. The molecule has 11 heteroatoms. The number of hydrogen-bond acceptors (Lipinski definition) is 8. The van der Waals surface area contributed by atoms with Crippen molar-refractivity contribution in [3.05, 3.63) is 51.9 Å². The Morgan fingerprint density at radius 2 is 1.77 bits per heavy atom. The molecule has 2 heterocycles. The summed E-state index contributed by atoms with van der Waals surface area (Å²) in [6, 6.07) is 9.25. The van der Waals surface area contributed by atoms with Gasteiger partial charge in [0, 0.05) is 33.2 Å². The van der Waals surface area contributed by atoms with Crippen LogP contribution < -0.4 is 15.2 Å². The summed E-state index contributed by atoms with van der Waals surface area (Å²) in [6.07, 6.45) is 1.16. The topological polar surface area (TPSA) is 111 Å². The van der Waals surface area contributed by atoms with Crippen LogP contribution in [-0.4, -0.2) is 67.3 Å². The summed E-state index contributed by atoms with van der Waals surface area (Å²) in [5.74, 6) is -0.670. The van der Waals surface area contributed by atoms with Crippen LogP contribution in [0.1, 0.15) is 23.0 Å². The number of sulfonamides is 1. The van der Waals surface area contributed by atoms with E-state index in [4.69, 9.17) is 9.47 Å². The van der Waals surface area contributed by atoms with Crippen LogP contribution in [0.3, 0.4) is 0 Å². The highest BCUT2D eigenvalue weighted by atomic mass is 32.2. The monoisotopic (exact) mass is 450 g/mol. The maximum absolute atomic E-state index is 13.1. The van der Waals surface area contributed by atoms with E-state index in [0.717, 1.165) is 11.8 Å². The Hall–Kier alpha value is -2.92. The predicted octanol–water partition coefficient (Wildman–Crippen LogP) is 0.618. The van der Waals surface area contributed by atoms with Gasteiger partial charge in [-0.1, -0.05) is 30.3 Å². The maximum atomic E-state index is 13.1. The molecule has 1 aliphatic rings. The van der Waals surface area contributed by atoms with Gasteiger partial charge in [-0.2, -0.15) is 4.31 Å². The summed E-state index contributed by atoms with van der Waals surface area (Å²) in [7, 11) is -1.76. The summed E-state index contributed by atoms with van der Waals surface area (Å²) < 4.78 is 37.0. The zero-order chi connectivity index (χ0) is 22.6. The quantitative estimate of drug-likeness (QED) is 0.565. The molecule has 0 unspecified atom stereocenters. The highest BCUT2D eigenvalue weighted by Crippen LogP contribution is 2.20. The van der Waals surface area contributed by atoms with Crippen molar-refractivity contribution in [1.82, 2.24) is 13.9 Å². The molecule has 10 nitrogen and oxygen atoms in total. The molecular formula is C20H26N4O6S. The molecule has 0 aliphatic carbocycles. The molecule has 0 radical (unpaired) electrons. The Morgan fingerprint density at radius 1 is 1.13 bits per heavy atom. The van der Waals surface area contributed by atoms with E-state index < -0.39 is 21.6 Å². The standard InChI is InChI=1S/C20H26N4O6S/c1-4-29-19(26)16-17(30-14-15-8-6-5-7-9-15)18(25)22(2)20(21-16)23-10-12-24(13-11-23)31(3,27)28/h5-9H,4,10-14H2,1-3H3. The van der Waals surface area contributed by atoms with Crippen LogP contribution in [0, 0.1) is 0 Å². The van der Waals surface area contributed by atoms with Crippen molar-refractivity contribution in [3.8, 4) is 5.75 Å². The van der Waals surface area contributed by atoms with Gasteiger partial charge in [0.25, 0.3) is 5.56 Å². The number of ether oxygens (including phenoxy) is 2. The van der Waals surface area contributed by atoms with Gasteiger partial charge in [-0.25, -0.2) is 18.2 Å². The minimum atomic E-state index is -3.30. The fraction of sp³-hybridized carbons (Fsp3) is 0.450. The lowest BCUT2D eigenvalue weighted by molar-refractivity contribution is 0.0513. The lowest BCUT2D eigenvalue weighted by atomic mass is 10.2. The number of benzene rings is 1. The zero-order valence-electron chi connectivity index (χ0n) is 17.8. The first-order valence-electron chi connectivity index (χ1n) is 9.87. The van der Waals surface area contributed by atoms with Crippen LogP contribution >= 0.6 is 0 Å². The summed E-state index contributed by atoms with van der Waals surface area (Å²) in [5.41, 5.74) is 0.122. The third-order valence-electron chi connectivity index (χ3n) is 4.91. The van der Waals surface area contributed by atoms with Crippen LogP contribution in [0.15, 0.2) is 35.1 Å². The van der Waals surface area contributed by atoms with Gasteiger partial charge in [0.2, 0.25) is 21.7 Å². The number of piperazine rings is 1. The largest absolute Gasteiger partial charge is 0.481 e. The number of hydrogen-bond donors (Lipinski definition) is 0. The lowest BCUT2D eigenvalue weighted by Gasteiger charge is -2.34. The Kier molecular flexibility index (Phi) is 6.96. The minimum Gasteiger partial charge on any atom is -0.481 e. The van der Waals surface area contributed by atoms with Crippen molar-refractivity contribution < 1.29 is 22.7 Å². The molecule has 0 amide bonds. The van der Waals surface area contributed by atoms with E-state index in [1.165, 1.54) is 15.9 Å². The van der Waals surface area contributed by atoms with Crippen LogP contribution in [0.4, 0.5) is 5.95 Å². The van der Waals surface area contributed by atoms with Crippen molar-refractivity contribution in [1.29, 1.82) is 0 Å². The second kappa shape index (κ2) is 9.48. The van der Waals surface area contributed by atoms with Crippen LogP contribution in [0.2, 0.25) is 0 Å². The fourth-order valence-corrected chi connectivity index (χ4v) is 4.10. The van der Waals surface area contributed by atoms with E-state index in [1.54, 1.807) is 11.8 Å². The summed E-state index contributed by atoms with van der Waals surface area (Å²) >= 11 is 0. The molecular weight excluding hydrogens is 424 g/mol. The average Bonchev–Trinajstić information content (AvgIpc) is 2.75. The fourth-order valence-electron chi connectivity index (χ4n) is 3.27. The molecule has 0 bridgehead atoms. The van der Waals surface area contributed by atoms with E-state index in [1.807, 2.05) is 30.3 Å². The van der Waals surface area contributed by atoms with Gasteiger partial charge in [-0.3, -0.25) is 9.36 Å². The number of aromatic nitrogens is 2. The molecule has 1 aliphatic heterocycles. The average molecular weight is 451 g/mol. The van der Waals surface area contributed by atoms with Crippen LogP contribution in [0.25, 0.3) is 0 Å². The molecule has 1 fully saturated rings. The first-order chi connectivity index (χ1) is 14.7. The molecule has 0 spiro atoms. The second-order valence-electron chi connectivity index (χ2n) is 7.10. The normalized spacial score (nSPS) is 15.0. The molecule has 1 saturated heterocycles. The minimum absolute atomic E-state index is 0.0938. The predicted molar refractivity (Wildman–Crippen MR) is 115 cm³/mol. The third-order valence-corrected chi connectivity index (χ3v) is 6.21. The number of anilines is 1. The Morgan fingerprint density at radius 3 is 2.35 bits per heavy atom. The number of carbonyl (C=O) groups excluding carboxylic acids is 1. The van der Waals surface area contributed by atoms with Gasteiger partial charge < -0.3 is 14.4 Å². The highest BCUT2D eigenvalue weighted by molar-refractivity contribution is 7.88. The number of esters is 1. The van der Waals surface area contributed by atoms with Crippen molar-refractivity contribution in [2.75, 3.05) is 43.9 Å². The molecule has 1 aromatic heterocycles. The van der Waals surface area contributed by atoms with E-state index >= 15 is 0 Å². The third kappa shape index (κ3) is 5.23. The second-order valence-corrected chi connectivity index (χ2v) is 9.08. The Balaban J connectivity index is 1.93. The van der Waals surface area contributed by atoms with Crippen molar-refractivity contribution >= 4 is 21.9 Å². The van der Waals surface area contributed by atoms with Crippen molar-refractivity contribution in [3.63, 3.8) is 0 Å². The van der Waals surface area contributed by atoms with Gasteiger partial charge in [-0.05, 0) is 12.5 Å². The van der Waals surface area contributed by atoms with Crippen LogP contribution in [-0.2, 0) is 28.4 Å². The first-order valence-corrected chi connectivity index (χ1v) is 11.7. The van der Waals surface area contributed by atoms with E-state index in [9.17, 15) is 18.0 Å². The molecule has 31 heavy (non-hydrogen) atoms. The van der Waals surface area contributed by atoms with E-state index in [0.29, 0.717) is 13.1 Å². The van der Waals surface area contributed by atoms with Gasteiger partial charge in [0.05, 0.1) is 12.9 Å². The molecule has 0 N–H and O–H groups in total. The van der Waals surface area contributed by atoms with Gasteiger partial charge >= 0.3 is 5.97 Å². The van der Waals surface area contributed by atoms with E-state index in [2.05, 4.69) is 4.98 Å². The summed E-state index contributed by atoms with van der Waals surface area (Å²) in [6.45, 7) is 3.06. The molecule has 2 aromatic rings. The Bertz CT molecular complexity index is 1090. The van der Waals surface area contributed by atoms with Gasteiger partial charge in [0.15, 0.2) is 5.69 Å².